The summed E-state index contributed by atoms with van der Waals surface area (Å²) in [5.41, 5.74) is 0.472. The number of thiophene rings is 1. The molecular weight excluding hydrogens is 268 g/mol. The monoisotopic (exact) mass is 274 g/mol. The molecule has 0 saturated heterocycles. The Balaban J connectivity index is 2.28. The molecule has 84 valence electrons. The van der Waals surface area contributed by atoms with E-state index in [4.69, 9.17) is 11.6 Å². The lowest BCUT2D eigenvalue weighted by atomic mass is 10.4. The molecule has 2 rings (SSSR count). The number of nitrogens with one attached hydrogen (secondary N) is 1. The summed E-state index contributed by atoms with van der Waals surface area (Å²) in [5, 5.41) is 0. The molecule has 1 N–H and O–H groups in total. The molecule has 0 radical (unpaired) electrons. The predicted octanol–water partition coefficient (Wildman–Crippen LogP) is 2.60. The van der Waals surface area contributed by atoms with Crippen LogP contribution in [-0.4, -0.2) is 13.4 Å². The van der Waals surface area contributed by atoms with Gasteiger partial charge in [-0.15, -0.1) is 11.3 Å². The second-order valence-corrected chi connectivity index (χ2v) is 6.52. The van der Waals surface area contributed by atoms with E-state index in [1.165, 1.54) is 18.5 Å². The molecule has 7 heteroatoms. The van der Waals surface area contributed by atoms with Crippen molar-refractivity contribution in [2.24, 2.45) is 0 Å². The molecule has 0 unspecified atom stereocenters. The molecule has 2 aromatic rings. The average molecular weight is 275 g/mol. The summed E-state index contributed by atoms with van der Waals surface area (Å²) >= 11 is 6.70. The van der Waals surface area contributed by atoms with E-state index in [0.717, 1.165) is 11.3 Å². The highest BCUT2D eigenvalue weighted by atomic mass is 35.5. The zero-order chi connectivity index (χ0) is 11.6. The second kappa shape index (κ2) is 4.40. The van der Waals surface area contributed by atoms with Gasteiger partial charge in [0.15, 0.2) is 0 Å². The van der Waals surface area contributed by atoms with Crippen molar-refractivity contribution >= 4 is 38.6 Å². The van der Waals surface area contributed by atoms with Crippen LogP contribution < -0.4 is 4.72 Å². The minimum absolute atomic E-state index is 0.189. The van der Waals surface area contributed by atoms with Gasteiger partial charge >= 0.3 is 0 Å². The Bertz CT molecular complexity index is 581. The van der Waals surface area contributed by atoms with Crippen molar-refractivity contribution in [3.05, 3.63) is 41.0 Å². The molecule has 0 atom stereocenters. The van der Waals surface area contributed by atoms with Crippen LogP contribution in [0.1, 0.15) is 0 Å². The van der Waals surface area contributed by atoms with Crippen LogP contribution in [0.2, 0.25) is 4.34 Å². The van der Waals surface area contributed by atoms with Crippen LogP contribution >= 0.6 is 22.9 Å². The molecule has 2 heterocycles. The number of pyridine rings is 1. The Hall–Kier alpha value is -1.11. The number of aromatic nitrogens is 1. The second-order valence-electron chi connectivity index (χ2n) is 2.90. The molecule has 16 heavy (non-hydrogen) atoms. The Morgan fingerprint density at radius 2 is 1.88 bits per heavy atom. The van der Waals surface area contributed by atoms with Crippen LogP contribution in [0.3, 0.4) is 0 Å². The van der Waals surface area contributed by atoms with Crippen molar-refractivity contribution in [3.63, 3.8) is 0 Å². The Labute approximate surface area is 102 Å². The third kappa shape index (κ3) is 2.52. The minimum Gasteiger partial charge on any atom is -0.279 e. The van der Waals surface area contributed by atoms with Gasteiger partial charge in [-0.2, -0.15) is 0 Å². The van der Waals surface area contributed by atoms with Crippen molar-refractivity contribution in [1.82, 2.24) is 4.98 Å². The van der Waals surface area contributed by atoms with Crippen molar-refractivity contribution in [1.29, 1.82) is 0 Å². The summed E-state index contributed by atoms with van der Waals surface area (Å²) < 4.78 is 26.7. The summed E-state index contributed by atoms with van der Waals surface area (Å²) in [7, 11) is -3.54. The van der Waals surface area contributed by atoms with Crippen molar-refractivity contribution in [2.45, 2.75) is 4.21 Å². The third-order valence-electron chi connectivity index (χ3n) is 1.75. The zero-order valence-corrected chi connectivity index (χ0v) is 10.3. The van der Waals surface area contributed by atoms with E-state index in [0.29, 0.717) is 10.0 Å². The predicted molar refractivity (Wildman–Crippen MR) is 64.4 cm³/mol. The summed E-state index contributed by atoms with van der Waals surface area (Å²) in [6, 6.07) is 6.17. The first kappa shape index (κ1) is 11.4. The maximum Gasteiger partial charge on any atom is 0.271 e. The first-order valence-electron chi connectivity index (χ1n) is 4.26. The Kier molecular flexibility index (Phi) is 3.13. The van der Waals surface area contributed by atoms with E-state index in [1.54, 1.807) is 18.2 Å². The molecule has 0 aliphatic heterocycles. The number of sulfonamides is 1. The van der Waals surface area contributed by atoms with E-state index >= 15 is 0 Å². The molecule has 0 aliphatic rings. The van der Waals surface area contributed by atoms with Gasteiger partial charge in [0.25, 0.3) is 10.0 Å². The van der Waals surface area contributed by atoms with E-state index in [9.17, 15) is 8.42 Å². The maximum atomic E-state index is 11.8. The van der Waals surface area contributed by atoms with E-state index in [-0.39, 0.29) is 4.21 Å². The fourth-order valence-corrected chi connectivity index (χ4v) is 3.61. The number of anilines is 1. The SMILES string of the molecule is O=S(=O)(Nc1ccncc1)c1ccc(Cl)s1. The molecule has 0 saturated carbocycles. The third-order valence-corrected chi connectivity index (χ3v) is 4.85. The molecule has 0 aliphatic carbocycles. The van der Waals surface area contributed by atoms with Crippen molar-refractivity contribution < 1.29 is 8.42 Å². The largest absolute Gasteiger partial charge is 0.279 e. The fraction of sp³-hybridized carbons (Fsp3) is 0. The van der Waals surface area contributed by atoms with Gasteiger partial charge in [0, 0.05) is 12.4 Å². The van der Waals surface area contributed by atoms with Gasteiger partial charge in [-0.1, -0.05) is 11.6 Å². The molecular formula is C9H7ClN2O2S2. The van der Waals surface area contributed by atoms with Crippen LogP contribution in [0.15, 0.2) is 40.9 Å². The lowest BCUT2D eigenvalue weighted by molar-refractivity contribution is 0.603. The number of nitrogens with zero attached hydrogens (tertiary/aromatic N) is 1. The molecule has 0 aromatic carbocycles. The van der Waals surface area contributed by atoms with Crippen LogP contribution in [0, 0.1) is 0 Å². The molecule has 0 bridgehead atoms. The summed E-state index contributed by atoms with van der Waals surface area (Å²) in [5.74, 6) is 0. The molecule has 0 spiro atoms. The first-order valence-corrected chi connectivity index (χ1v) is 6.94. The Morgan fingerprint density at radius 3 is 2.44 bits per heavy atom. The standard InChI is InChI=1S/C9H7ClN2O2S2/c10-8-1-2-9(15-8)16(13,14)12-7-3-5-11-6-4-7/h1-6H,(H,11,12). The van der Waals surface area contributed by atoms with Gasteiger partial charge < -0.3 is 0 Å². The molecule has 2 aromatic heterocycles. The van der Waals surface area contributed by atoms with Crippen LogP contribution in [0.25, 0.3) is 0 Å². The maximum absolute atomic E-state index is 11.8. The first-order chi connectivity index (χ1) is 7.58. The van der Waals surface area contributed by atoms with E-state index in [2.05, 4.69) is 9.71 Å². The van der Waals surface area contributed by atoms with E-state index in [1.807, 2.05) is 0 Å². The van der Waals surface area contributed by atoms with Crippen molar-refractivity contribution in [3.8, 4) is 0 Å². The van der Waals surface area contributed by atoms with Gasteiger partial charge in [-0.3, -0.25) is 9.71 Å². The highest BCUT2D eigenvalue weighted by Crippen LogP contribution is 2.26. The molecule has 4 nitrogen and oxygen atoms in total. The summed E-state index contributed by atoms with van der Waals surface area (Å²) in [6.07, 6.45) is 3.03. The van der Waals surface area contributed by atoms with Crippen LogP contribution in [0.5, 0.6) is 0 Å². The normalized spacial score (nSPS) is 11.3. The van der Waals surface area contributed by atoms with E-state index < -0.39 is 10.0 Å². The van der Waals surface area contributed by atoms with Gasteiger partial charge in [-0.25, -0.2) is 8.42 Å². The number of hydrogen-bond donors (Lipinski definition) is 1. The number of halogens is 1. The van der Waals surface area contributed by atoms with Gasteiger partial charge in [0.1, 0.15) is 4.21 Å². The van der Waals surface area contributed by atoms with Crippen LogP contribution in [-0.2, 0) is 10.0 Å². The van der Waals surface area contributed by atoms with Gasteiger partial charge in [0.05, 0.1) is 10.0 Å². The summed E-state index contributed by atoms with van der Waals surface area (Å²) in [6.45, 7) is 0. The van der Waals surface area contributed by atoms with Crippen LogP contribution in [0.4, 0.5) is 5.69 Å². The minimum atomic E-state index is -3.54. The molecule has 0 amide bonds. The molecule has 0 fully saturated rings. The number of rotatable bonds is 3. The summed E-state index contributed by atoms with van der Waals surface area (Å²) in [4.78, 5) is 3.80. The highest BCUT2D eigenvalue weighted by Gasteiger charge is 2.16. The van der Waals surface area contributed by atoms with Gasteiger partial charge in [-0.05, 0) is 24.3 Å². The smallest absolute Gasteiger partial charge is 0.271 e. The van der Waals surface area contributed by atoms with Gasteiger partial charge in [0.2, 0.25) is 0 Å². The lowest BCUT2D eigenvalue weighted by Crippen LogP contribution is -2.11. The Morgan fingerprint density at radius 1 is 1.19 bits per heavy atom. The highest BCUT2D eigenvalue weighted by molar-refractivity contribution is 7.94. The lowest BCUT2D eigenvalue weighted by Gasteiger charge is -2.04. The number of hydrogen-bond acceptors (Lipinski definition) is 4. The zero-order valence-electron chi connectivity index (χ0n) is 7.92. The topological polar surface area (TPSA) is 59.1 Å². The van der Waals surface area contributed by atoms with Crippen molar-refractivity contribution in [2.75, 3.05) is 4.72 Å². The fourth-order valence-electron chi connectivity index (χ4n) is 1.07. The average Bonchev–Trinajstić information content (AvgIpc) is 2.66. The quantitative estimate of drug-likeness (QED) is 0.936.